The van der Waals surface area contributed by atoms with Gasteiger partial charge in [0.1, 0.15) is 23.4 Å². The maximum Gasteiger partial charge on any atom is 0.341 e. The quantitative estimate of drug-likeness (QED) is 0.505. The van der Waals surface area contributed by atoms with Gasteiger partial charge in [0, 0.05) is 5.02 Å². The Balaban J connectivity index is 1.77. The van der Waals surface area contributed by atoms with E-state index in [0.29, 0.717) is 33.0 Å². The molecule has 124 valence electrons. The number of halogens is 1. The molecule has 1 aromatic carbocycles. The van der Waals surface area contributed by atoms with Crippen LogP contribution in [0.15, 0.2) is 46.2 Å². The molecule has 0 bridgehead atoms. The number of aromatic nitrogens is 3. The van der Waals surface area contributed by atoms with Crippen LogP contribution in [0.3, 0.4) is 0 Å². The van der Waals surface area contributed by atoms with Crippen molar-refractivity contribution < 1.29 is 13.9 Å². The third kappa shape index (κ3) is 3.47. The first-order chi connectivity index (χ1) is 11.6. The van der Waals surface area contributed by atoms with E-state index < -0.39 is 5.97 Å². The largest absolute Gasteiger partial charge is 0.465 e. The molecule has 0 amide bonds. The van der Waals surface area contributed by atoms with Crippen molar-refractivity contribution in [3.63, 3.8) is 0 Å². The molecule has 3 rings (SSSR count). The van der Waals surface area contributed by atoms with Crippen molar-refractivity contribution in [2.24, 2.45) is 0 Å². The molecule has 0 atom stereocenters. The van der Waals surface area contributed by atoms with Crippen LogP contribution >= 0.6 is 23.4 Å². The molecule has 0 N–H and O–H groups in total. The first-order valence-electron chi connectivity index (χ1n) is 7.05. The summed E-state index contributed by atoms with van der Waals surface area (Å²) in [5.41, 5.74) is 1.31. The number of methoxy groups -OCH3 is 1. The summed E-state index contributed by atoms with van der Waals surface area (Å²) in [6.45, 7) is 1.73. The summed E-state index contributed by atoms with van der Waals surface area (Å²) in [4.78, 5) is 11.6. The van der Waals surface area contributed by atoms with Crippen LogP contribution in [-0.2, 0) is 10.5 Å². The standard InChI is InChI=1S/C16H14ClN3O3S/c1-10-14(15(21)22-2)7-13(23-10)8-24-16-19-18-9-20(16)12-5-3-4-11(17)6-12/h3-7,9H,8H2,1-2H3. The number of ether oxygens (including phenoxy) is 1. The highest BCUT2D eigenvalue weighted by Gasteiger charge is 2.16. The number of esters is 1. The summed E-state index contributed by atoms with van der Waals surface area (Å²) in [7, 11) is 1.34. The molecule has 0 saturated heterocycles. The average Bonchev–Trinajstić information content (AvgIpc) is 3.18. The third-order valence-electron chi connectivity index (χ3n) is 3.32. The lowest BCUT2D eigenvalue weighted by Crippen LogP contribution is -2.00. The molecule has 6 nitrogen and oxygen atoms in total. The van der Waals surface area contributed by atoms with E-state index in [1.54, 1.807) is 19.3 Å². The van der Waals surface area contributed by atoms with E-state index in [9.17, 15) is 4.79 Å². The first-order valence-corrected chi connectivity index (χ1v) is 8.41. The van der Waals surface area contributed by atoms with Gasteiger partial charge in [0.05, 0.1) is 18.6 Å². The Morgan fingerprint density at radius 1 is 1.42 bits per heavy atom. The normalized spacial score (nSPS) is 10.8. The molecule has 0 aliphatic heterocycles. The van der Waals surface area contributed by atoms with Crippen LogP contribution in [0.1, 0.15) is 21.9 Å². The summed E-state index contributed by atoms with van der Waals surface area (Å²) in [6, 6.07) is 9.12. The van der Waals surface area contributed by atoms with Gasteiger partial charge in [-0.15, -0.1) is 10.2 Å². The molecule has 0 aliphatic carbocycles. The molecule has 0 radical (unpaired) electrons. The Labute approximate surface area is 147 Å². The summed E-state index contributed by atoms with van der Waals surface area (Å²) < 4.78 is 12.2. The number of furan rings is 1. The number of nitrogens with zero attached hydrogens (tertiary/aromatic N) is 3. The zero-order valence-corrected chi connectivity index (χ0v) is 14.6. The predicted octanol–water partition coefficient (Wildman–Crippen LogP) is 3.90. The summed E-state index contributed by atoms with van der Waals surface area (Å²) >= 11 is 7.48. The number of aryl methyl sites for hydroxylation is 1. The lowest BCUT2D eigenvalue weighted by Gasteiger charge is -2.05. The molecular formula is C16H14ClN3O3S. The van der Waals surface area contributed by atoms with Crippen molar-refractivity contribution in [3.05, 3.63) is 58.8 Å². The molecule has 0 saturated carbocycles. The van der Waals surface area contributed by atoms with Crippen LogP contribution in [0, 0.1) is 6.92 Å². The molecule has 0 aliphatic rings. The second kappa shape index (κ2) is 7.11. The molecule has 0 unspecified atom stereocenters. The van der Waals surface area contributed by atoms with Crippen molar-refractivity contribution in [1.82, 2.24) is 14.8 Å². The molecule has 2 heterocycles. The van der Waals surface area contributed by atoms with Gasteiger partial charge in [-0.2, -0.15) is 0 Å². The monoisotopic (exact) mass is 363 g/mol. The molecule has 0 fully saturated rings. The molecule has 2 aromatic heterocycles. The topological polar surface area (TPSA) is 70.2 Å². The summed E-state index contributed by atoms with van der Waals surface area (Å²) in [5, 5.41) is 9.41. The number of carbonyl (C=O) groups excluding carboxylic acids is 1. The zero-order valence-electron chi connectivity index (χ0n) is 13.0. The van der Waals surface area contributed by atoms with E-state index in [4.69, 9.17) is 20.8 Å². The molecule has 0 spiro atoms. The van der Waals surface area contributed by atoms with Gasteiger partial charge in [0.2, 0.25) is 0 Å². The minimum absolute atomic E-state index is 0.408. The highest BCUT2D eigenvalue weighted by atomic mass is 35.5. The van der Waals surface area contributed by atoms with Crippen LogP contribution in [-0.4, -0.2) is 27.8 Å². The first kappa shape index (κ1) is 16.6. The minimum Gasteiger partial charge on any atom is -0.465 e. The lowest BCUT2D eigenvalue weighted by molar-refractivity contribution is 0.0599. The van der Waals surface area contributed by atoms with Crippen molar-refractivity contribution in [2.45, 2.75) is 17.8 Å². The number of thioether (sulfide) groups is 1. The van der Waals surface area contributed by atoms with Crippen LogP contribution in [0.2, 0.25) is 5.02 Å². The summed E-state index contributed by atoms with van der Waals surface area (Å²) in [5.74, 6) is 1.30. The fraction of sp³-hybridized carbons (Fsp3) is 0.188. The number of benzene rings is 1. The van der Waals surface area contributed by atoms with E-state index in [0.717, 1.165) is 5.69 Å². The van der Waals surface area contributed by atoms with Gasteiger partial charge in [-0.1, -0.05) is 29.4 Å². The second-order valence-electron chi connectivity index (χ2n) is 4.93. The van der Waals surface area contributed by atoms with E-state index in [1.807, 2.05) is 28.8 Å². The second-order valence-corrected chi connectivity index (χ2v) is 6.31. The molecule has 3 aromatic rings. The fourth-order valence-electron chi connectivity index (χ4n) is 2.19. The van der Waals surface area contributed by atoms with Crippen LogP contribution in [0.4, 0.5) is 0 Å². The number of hydrogen-bond acceptors (Lipinski definition) is 6. The maximum absolute atomic E-state index is 11.6. The SMILES string of the molecule is COC(=O)c1cc(CSc2nncn2-c2cccc(Cl)c2)oc1C. The minimum atomic E-state index is -0.408. The number of carbonyl (C=O) groups is 1. The smallest absolute Gasteiger partial charge is 0.341 e. The Morgan fingerprint density at radius 2 is 2.25 bits per heavy atom. The van der Waals surface area contributed by atoms with Crippen molar-refractivity contribution >= 4 is 29.3 Å². The Bertz CT molecular complexity index is 875. The molecule has 24 heavy (non-hydrogen) atoms. The number of rotatable bonds is 5. The van der Waals surface area contributed by atoms with Crippen molar-refractivity contribution in [2.75, 3.05) is 7.11 Å². The van der Waals surface area contributed by atoms with Gasteiger partial charge in [-0.3, -0.25) is 4.57 Å². The van der Waals surface area contributed by atoms with E-state index in [1.165, 1.54) is 18.9 Å². The van der Waals surface area contributed by atoms with Crippen LogP contribution in [0.5, 0.6) is 0 Å². The van der Waals surface area contributed by atoms with E-state index in [2.05, 4.69) is 10.2 Å². The van der Waals surface area contributed by atoms with Crippen molar-refractivity contribution in [1.29, 1.82) is 0 Å². The van der Waals surface area contributed by atoms with Crippen molar-refractivity contribution in [3.8, 4) is 5.69 Å². The van der Waals surface area contributed by atoms with Gasteiger partial charge in [0.25, 0.3) is 0 Å². The van der Waals surface area contributed by atoms with Gasteiger partial charge in [-0.25, -0.2) is 4.79 Å². The Kier molecular flexibility index (Phi) is 4.92. The van der Waals surface area contributed by atoms with Crippen LogP contribution in [0.25, 0.3) is 5.69 Å². The molecular weight excluding hydrogens is 350 g/mol. The van der Waals surface area contributed by atoms with E-state index >= 15 is 0 Å². The van der Waals surface area contributed by atoms with Gasteiger partial charge in [-0.05, 0) is 31.2 Å². The lowest BCUT2D eigenvalue weighted by atomic mass is 10.2. The zero-order chi connectivity index (χ0) is 17.1. The van der Waals surface area contributed by atoms with E-state index in [-0.39, 0.29) is 0 Å². The predicted molar refractivity (Wildman–Crippen MR) is 90.7 cm³/mol. The maximum atomic E-state index is 11.6. The van der Waals surface area contributed by atoms with Gasteiger partial charge < -0.3 is 9.15 Å². The van der Waals surface area contributed by atoms with Crippen LogP contribution < -0.4 is 0 Å². The Hall–Kier alpha value is -2.25. The highest BCUT2D eigenvalue weighted by Crippen LogP contribution is 2.26. The third-order valence-corrected chi connectivity index (χ3v) is 4.52. The average molecular weight is 364 g/mol. The molecule has 8 heteroatoms. The van der Waals surface area contributed by atoms with Gasteiger partial charge >= 0.3 is 5.97 Å². The van der Waals surface area contributed by atoms with Gasteiger partial charge in [0.15, 0.2) is 5.16 Å². The Morgan fingerprint density at radius 3 is 3.00 bits per heavy atom. The summed E-state index contributed by atoms with van der Waals surface area (Å²) in [6.07, 6.45) is 1.63. The highest BCUT2D eigenvalue weighted by molar-refractivity contribution is 7.98. The number of hydrogen-bond donors (Lipinski definition) is 0. The fourth-order valence-corrected chi connectivity index (χ4v) is 3.18.